The second-order valence-electron chi connectivity index (χ2n) is 23.6. The molecule has 5 heterocycles. The largest absolute Gasteiger partial charge is 0.354 e. The van der Waals surface area contributed by atoms with Gasteiger partial charge in [0.05, 0.1) is 49.7 Å². The molecule has 1 N–H and O–H groups in total. The fraction of sp³-hybridized carbons (Fsp3) is 0. The summed E-state index contributed by atoms with van der Waals surface area (Å²) in [5.41, 5.74) is 16.8. The lowest BCUT2D eigenvalue weighted by atomic mass is 10.1. The highest BCUT2D eigenvalue weighted by molar-refractivity contribution is 7.20. The molecule has 0 saturated carbocycles. The molecule has 0 bridgehead atoms. The summed E-state index contributed by atoms with van der Waals surface area (Å²) >= 11 is 0. The summed E-state index contributed by atoms with van der Waals surface area (Å²) in [5.74, 6) is 0. The fourth-order valence-corrected chi connectivity index (χ4v) is 19.9. The Bertz CT molecular complexity index is 5870. The van der Waals surface area contributed by atoms with E-state index in [1.807, 2.05) is 0 Å². The summed E-state index contributed by atoms with van der Waals surface area (Å²) in [6.07, 6.45) is 0. The van der Waals surface area contributed by atoms with E-state index in [-0.39, 0.29) is 1.43 Å². The Morgan fingerprint density at radius 3 is 1.14 bits per heavy atom. The Balaban J connectivity index is 0.000000196. The first kappa shape index (κ1) is 51.5. The van der Waals surface area contributed by atoms with E-state index in [0.29, 0.717) is 0 Å². The molecule has 6 heteroatoms. The molecule has 19 aromatic rings. The molecular formula is C84H59N5Si. The van der Waals surface area contributed by atoms with E-state index in [4.69, 9.17) is 0 Å². The summed E-state index contributed by atoms with van der Waals surface area (Å²) < 4.78 is 9.73. The number of aromatic amines is 1. The predicted molar refractivity (Wildman–Crippen MR) is 385 cm³/mol. The predicted octanol–water partition coefficient (Wildman–Crippen LogP) is 19.0. The van der Waals surface area contributed by atoms with Crippen LogP contribution in [0.3, 0.4) is 0 Å². The summed E-state index contributed by atoms with van der Waals surface area (Å²) in [6, 6.07) is 125. The number of hydrogen-bond donors (Lipinski definition) is 1. The maximum absolute atomic E-state index is 3.66. The minimum absolute atomic E-state index is 0. The average molecular weight is 1170 g/mol. The maximum Gasteiger partial charge on any atom is 0.179 e. The first-order chi connectivity index (χ1) is 44.7. The molecule has 0 radical (unpaired) electrons. The zero-order chi connectivity index (χ0) is 59.3. The summed E-state index contributed by atoms with van der Waals surface area (Å²) in [6.45, 7) is 0. The Kier molecular flexibility index (Phi) is 11.9. The quantitative estimate of drug-likeness (QED) is 0.116. The zero-order valence-electron chi connectivity index (χ0n) is 49.1. The number of nitrogens with one attached hydrogen (secondary N) is 1. The minimum Gasteiger partial charge on any atom is -0.354 e. The molecule has 5 nitrogen and oxygen atoms in total. The third-order valence-electron chi connectivity index (χ3n) is 18.9. The first-order valence-corrected chi connectivity index (χ1v) is 33.0. The van der Waals surface area contributed by atoms with Gasteiger partial charge in [0.1, 0.15) is 0 Å². The van der Waals surface area contributed by atoms with Crippen molar-refractivity contribution in [3.8, 4) is 22.7 Å². The fourth-order valence-electron chi connectivity index (χ4n) is 15.2. The van der Waals surface area contributed by atoms with Gasteiger partial charge in [-0.2, -0.15) is 0 Å². The molecule has 14 aromatic carbocycles. The van der Waals surface area contributed by atoms with Crippen molar-refractivity contribution in [2.75, 3.05) is 0 Å². The number of hydrogen-bond acceptors (Lipinski definition) is 0. The van der Waals surface area contributed by atoms with Gasteiger partial charge in [0.2, 0.25) is 0 Å². The van der Waals surface area contributed by atoms with Crippen molar-refractivity contribution in [1.82, 2.24) is 23.3 Å². The van der Waals surface area contributed by atoms with Crippen LogP contribution in [-0.4, -0.2) is 31.3 Å². The molecule has 0 atom stereocenters. The monoisotopic (exact) mass is 1170 g/mol. The van der Waals surface area contributed by atoms with Crippen LogP contribution in [0.1, 0.15) is 1.43 Å². The van der Waals surface area contributed by atoms with Crippen LogP contribution < -0.4 is 20.7 Å². The van der Waals surface area contributed by atoms with Crippen molar-refractivity contribution in [3.63, 3.8) is 0 Å². The lowest BCUT2D eigenvalue weighted by molar-refractivity contribution is 1.17. The number of rotatable bonds is 8. The zero-order valence-corrected chi connectivity index (χ0v) is 50.1. The lowest BCUT2D eigenvalue weighted by Crippen LogP contribution is -2.74. The highest BCUT2D eigenvalue weighted by Crippen LogP contribution is 2.43. The van der Waals surface area contributed by atoms with E-state index in [1.54, 1.807) is 0 Å². The van der Waals surface area contributed by atoms with E-state index < -0.39 is 8.07 Å². The number of benzene rings is 14. The SMILES string of the molecule is [2HH].c1ccc(-n2c3ccccc3c3c2ccc2c4ccccc4n(-c4ccc([Si](c5ccccc5)(c5ccccc5)c5cccc(-n6c7ccccc7c7ccccc76)c5)cc4)c23)cc1.c1ccc(-n2c3ccccc3c3c4[nH]c5ccccc5c4ccc32)cc1. The van der Waals surface area contributed by atoms with Gasteiger partial charge in [-0.3, -0.25) is 0 Å². The molecule has 0 aliphatic rings. The first-order valence-electron chi connectivity index (χ1n) is 31.0. The Labute approximate surface area is 521 Å². The average Bonchev–Trinajstić information content (AvgIpc) is 1.64. The van der Waals surface area contributed by atoms with Crippen molar-refractivity contribution < 1.29 is 1.43 Å². The highest BCUT2D eigenvalue weighted by Gasteiger charge is 2.42. The van der Waals surface area contributed by atoms with Gasteiger partial charge in [-0.25, -0.2) is 0 Å². The lowest BCUT2D eigenvalue weighted by Gasteiger charge is -2.35. The molecule has 0 aliphatic carbocycles. The van der Waals surface area contributed by atoms with Crippen molar-refractivity contribution in [2.45, 2.75) is 0 Å². The molecule has 19 rings (SSSR count). The normalized spacial score (nSPS) is 12.0. The summed E-state index contributed by atoms with van der Waals surface area (Å²) in [7, 11) is -2.93. The maximum atomic E-state index is 3.66. The number of nitrogens with zero attached hydrogens (tertiary/aromatic N) is 4. The number of H-pyrrole nitrogens is 1. The van der Waals surface area contributed by atoms with Crippen molar-refractivity contribution >= 4 is 138 Å². The van der Waals surface area contributed by atoms with Gasteiger partial charge in [-0.15, -0.1) is 0 Å². The van der Waals surface area contributed by atoms with Gasteiger partial charge in [0.25, 0.3) is 0 Å². The van der Waals surface area contributed by atoms with Crippen LogP contribution in [0.15, 0.2) is 340 Å². The van der Waals surface area contributed by atoms with E-state index in [2.05, 4.69) is 363 Å². The highest BCUT2D eigenvalue weighted by atomic mass is 28.3. The van der Waals surface area contributed by atoms with E-state index in [1.165, 1.54) is 141 Å². The summed E-state index contributed by atoms with van der Waals surface area (Å²) in [5, 5.41) is 18.0. The van der Waals surface area contributed by atoms with Crippen LogP contribution in [0.25, 0.3) is 132 Å². The Morgan fingerprint density at radius 2 is 0.589 bits per heavy atom. The third-order valence-corrected chi connectivity index (χ3v) is 23.7. The number of aromatic nitrogens is 5. The molecule has 0 aliphatic heterocycles. The molecule has 0 spiro atoms. The van der Waals surface area contributed by atoms with Crippen molar-refractivity contribution in [2.24, 2.45) is 0 Å². The van der Waals surface area contributed by atoms with Crippen molar-refractivity contribution in [1.29, 1.82) is 0 Å². The summed E-state index contributed by atoms with van der Waals surface area (Å²) in [4.78, 5) is 3.66. The molecule has 0 saturated heterocycles. The van der Waals surface area contributed by atoms with Gasteiger partial charge >= 0.3 is 0 Å². The van der Waals surface area contributed by atoms with E-state index in [0.717, 1.165) is 11.4 Å². The molecule has 0 amide bonds. The smallest absolute Gasteiger partial charge is 0.179 e. The number of fused-ring (bicyclic) bond motifs is 17. The van der Waals surface area contributed by atoms with Crippen LogP contribution in [-0.2, 0) is 0 Å². The van der Waals surface area contributed by atoms with E-state index >= 15 is 0 Å². The van der Waals surface area contributed by atoms with Crippen LogP contribution in [0.2, 0.25) is 0 Å². The van der Waals surface area contributed by atoms with Crippen LogP contribution in [0.5, 0.6) is 0 Å². The second-order valence-corrected chi connectivity index (χ2v) is 27.4. The number of para-hydroxylation sites is 8. The molecule has 90 heavy (non-hydrogen) atoms. The minimum atomic E-state index is -2.93. The Hall–Kier alpha value is -11.7. The molecule has 0 unspecified atom stereocenters. The molecule has 0 fully saturated rings. The van der Waals surface area contributed by atoms with Gasteiger partial charge < -0.3 is 23.3 Å². The van der Waals surface area contributed by atoms with Gasteiger partial charge in [0, 0.05) is 83.6 Å². The standard InChI is InChI=1S/C60H41N3Si.C24H16N2.H2/c1-4-19-42(20-5-1)61-57-34-17-13-30-53(57)59-58(61)40-39-52-51-29-12-16-33-56(51)63(60(52)59)43-35-37-47(38-36-43)64(45-22-6-2-7-23-45,46-24-8-3-9-25-46)48-26-18-21-44(41-48)62-54-31-14-10-27-49(54)50-28-11-15-32-55(50)62;1-2-8-16(9-3-1)26-21-13-7-5-11-19(21)23-22(26)15-14-18-17-10-4-6-12-20(17)25-24(18)23;/h1-41H;1-15,25H;1H/i;;1+1. The van der Waals surface area contributed by atoms with Gasteiger partial charge in [-0.1, -0.05) is 243 Å². The van der Waals surface area contributed by atoms with E-state index in [9.17, 15) is 0 Å². The molecule has 5 aromatic heterocycles. The second kappa shape index (κ2) is 20.7. The third kappa shape index (κ3) is 7.75. The molecule has 424 valence electrons. The van der Waals surface area contributed by atoms with Crippen molar-refractivity contribution in [3.05, 3.63) is 340 Å². The Morgan fingerprint density at radius 1 is 0.222 bits per heavy atom. The van der Waals surface area contributed by atoms with Crippen LogP contribution >= 0.6 is 0 Å². The van der Waals surface area contributed by atoms with Crippen LogP contribution in [0.4, 0.5) is 0 Å². The topological polar surface area (TPSA) is 35.5 Å². The van der Waals surface area contributed by atoms with Crippen LogP contribution in [0, 0.1) is 0 Å². The molecular weight excluding hydrogens is 1110 g/mol. The van der Waals surface area contributed by atoms with Gasteiger partial charge in [0.15, 0.2) is 8.07 Å². The van der Waals surface area contributed by atoms with Gasteiger partial charge in [-0.05, 0) is 118 Å².